The van der Waals surface area contributed by atoms with Gasteiger partial charge in [-0.15, -0.1) is 0 Å². The molecular formula is C5H9Br. The van der Waals surface area contributed by atoms with E-state index in [0.717, 1.165) is 0 Å². The van der Waals surface area contributed by atoms with Crippen LogP contribution in [0.2, 0.25) is 0 Å². The summed E-state index contributed by atoms with van der Waals surface area (Å²) >= 11 is 3.09. The molecule has 0 aromatic rings. The van der Waals surface area contributed by atoms with Crippen molar-refractivity contribution in [2.75, 3.05) is 5.33 Å². The smallest absolute Gasteiger partial charge is 0.0581 e. The van der Waals surface area contributed by atoms with Crippen molar-refractivity contribution < 1.29 is 2.74 Å². The molecule has 0 rings (SSSR count). The van der Waals surface area contributed by atoms with Gasteiger partial charge < -0.3 is 0 Å². The predicted molar refractivity (Wildman–Crippen MR) is 33.2 cm³/mol. The molecule has 0 atom stereocenters. The van der Waals surface area contributed by atoms with Gasteiger partial charge in [0.05, 0.1) is 2.74 Å². The largest absolute Gasteiger partial charge is 0.0883 e. The molecule has 0 bridgehead atoms. The zero-order chi connectivity index (χ0) is 6.57. The van der Waals surface area contributed by atoms with Crippen LogP contribution in [0.3, 0.4) is 0 Å². The Balaban J connectivity index is 3.83. The van der Waals surface area contributed by atoms with Gasteiger partial charge >= 0.3 is 0 Å². The van der Waals surface area contributed by atoms with Gasteiger partial charge in [-0.25, -0.2) is 0 Å². The van der Waals surface area contributed by atoms with E-state index in [2.05, 4.69) is 15.9 Å². The van der Waals surface area contributed by atoms with Crippen LogP contribution in [0.5, 0.6) is 0 Å². The molecule has 0 saturated carbocycles. The third-order valence-electron chi connectivity index (χ3n) is 0.369. The molecule has 6 heavy (non-hydrogen) atoms. The van der Waals surface area contributed by atoms with Crippen LogP contribution in [0, 0.1) is 0 Å². The van der Waals surface area contributed by atoms with Crippen LogP contribution in [-0.4, -0.2) is 5.33 Å². The average Bonchev–Trinajstić information content (AvgIpc) is 1.84. The van der Waals surface area contributed by atoms with E-state index in [1.165, 1.54) is 0 Å². The van der Waals surface area contributed by atoms with Crippen LogP contribution >= 0.6 is 15.9 Å². The van der Waals surface area contributed by atoms with Crippen LogP contribution in [-0.2, 0) is 0 Å². The van der Waals surface area contributed by atoms with Gasteiger partial charge in [-0.1, -0.05) is 35.0 Å². The molecule has 0 amide bonds. The second-order valence-electron chi connectivity index (χ2n) is 0.841. The molecule has 0 spiro atoms. The van der Waals surface area contributed by atoms with Crippen molar-refractivity contribution in [2.45, 2.75) is 13.3 Å². The van der Waals surface area contributed by atoms with Crippen molar-refractivity contribution >= 4 is 15.9 Å². The van der Waals surface area contributed by atoms with E-state index >= 15 is 0 Å². The first-order chi connectivity index (χ1) is 3.72. The third-order valence-corrected chi connectivity index (χ3v) is 0.649. The summed E-state index contributed by atoms with van der Waals surface area (Å²) in [6.45, 7) is 1.87. The van der Waals surface area contributed by atoms with Gasteiger partial charge in [0.1, 0.15) is 0 Å². The molecule has 0 unspecified atom stereocenters. The number of alkyl halides is 1. The lowest BCUT2D eigenvalue weighted by Gasteiger charge is -1.71. The highest BCUT2D eigenvalue weighted by Gasteiger charge is 1.61. The molecular weight excluding hydrogens is 140 g/mol. The predicted octanol–water partition coefficient (Wildman–Crippen LogP) is 2.35. The van der Waals surface area contributed by atoms with Crippen LogP contribution in [0.4, 0.5) is 0 Å². The van der Waals surface area contributed by atoms with Crippen molar-refractivity contribution in [1.82, 2.24) is 0 Å². The molecule has 1 heteroatoms. The maximum atomic E-state index is 7.09. The lowest BCUT2D eigenvalue weighted by molar-refractivity contribution is 1.22. The second-order valence-corrected chi connectivity index (χ2v) is 1.40. The van der Waals surface area contributed by atoms with Gasteiger partial charge in [0.2, 0.25) is 0 Å². The van der Waals surface area contributed by atoms with E-state index in [-0.39, 0.29) is 0 Å². The minimum atomic E-state index is 0.382. The zero-order valence-corrected chi connectivity index (χ0v) is 5.38. The van der Waals surface area contributed by atoms with Crippen LogP contribution in [0.15, 0.2) is 12.1 Å². The molecule has 0 N–H and O–H groups in total. The Bertz CT molecular complexity index is 86.6. The van der Waals surface area contributed by atoms with Crippen molar-refractivity contribution in [2.24, 2.45) is 0 Å². The summed E-state index contributed by atoms with van der Waals surface area (Å²) < 4.78 is 14.2. The van der Waals surface area contributed by atoms with Crippen LogP contribution < -0.4 is 0 Å². The van der Waals surface area contributed by atoms with Gasteiger partial charge in [0, 0.05) is 5.33 Å². The Kier molecular flexibility index (Phi) is 2.83. The summed E-state index contributed by atoms with van der Waals surface area (Å²) in [5.74, 6) is 0. The zero-order valence-electron chi connectivity index (χ0n) is 5.79. The molecule has 0 fully saturated rings. The van der Waals surface area contributed by atoms with Crippen molar-refractivity contribution in [3.05, 3.63) is 12.1 Å². The minimum absolute atomic E-state index is 0.382. The molecule has 0 aliphatic carbocycles. The summed E-state index contributed by atoms with van der Waals surface area (Å²) in [7, 11) is 0. The topological polar surface area (TPSA) is 0 Å². The van der Waals surface area contributed by atoms with E-state index in [1.807, 2.05) is 6.92 Å². The van der Waals surface area contributed by atoms with Gasteiger partial charge in [-0.2, -0.15) is 0 Å². The average molecular weight is 151 g/mol. The molecule has 0 aromatic carbocycles. The standard InChI is InChI=1S/C5H9Br/c1-2-3-4-5-6/h3-4H,2,5H2,1H3/b4-3+/i3D,4D. The van der Waals surface area contributed by atoms with E-state index < -0.39 is 0 Å². The first-order valence-corrected chi connectivity index (χ1v) is 3.05. The van der Waals surface area contributed by atoms with Crippen molar-refractivity contribution in [3.63, 3.8) is 0 Å². The van der Waals surface area contributed by atoms with Gasteiger partial charge in [0.15, 0.2) is 0 Å². The monoisotopic (exact) mass is 150 g/mol. The fraction of sp³-hybridized carbons (Fsp3) is 0.600. The highest BCUT2D eigenvalue weighted by molar-refractivity contribution is 9.09. The first kappa shape index (κ1) is 3.25. The maximum Gasteiger partial charge on any atom is 0.0581 e. The molecule has 0 heterocycles. The van der Waals surface area contributed by atoms with Gasteiger partial charge in [-0.05, 0) is 6.42 Å². The fourth-order valence-corrected chi connectivity index (χ4v) is 0.370. The summed E-state index contributed by atoms with van der Waals surface area (Å²) in [6.07, 6.45) is 0.657. The summed E-state index contributed by atoms with van der Waals surface area (Å²) in [5.41, 5.74) is 0. The Morgan fingerprint density at radius 3 is 2.67 bits per heavy atom. The number of hydrogen-bond acceptors (Lipinski definition) is 0. The molecule has 0 aliphatic rings. The van der Waals surface area contributed by atoms with E-state index in [4.69, 9.17) is 2.74 Å². The Labute approximate surface area is 50.2 Å². The molecule has 0 aliphatic heterocycles. The normalized spacial score (nSPS) is 18.3. The quantitative estimate of drug-likeness (QED) is 0.419. The van der Waals surface area contributed by atoms with Crippen molar-refractivity contribution in [3.8, 4) is 0 Å². The lowest BCUT2D eigenvalue weighted by atomic mass is 10.4. The van der Waals surface area contributed by atoms with Gasteiger partial charge in [0.25, 0.3) is 0 Å². The Hall–Kier alpha value is 0.220. The second kappa shape index (κ2) is 5.22. The summed E-state index contributed by atoms with van der Waals surface area (Å²) in [4.78, 5) is 0. The SMILES string of the molecule is [2H]/C(CC)=C(/[2H])CBr. The molecule has 0 nitrogen and oxygen atoms in total. The maximum absolute atomic E-state index is 7.09. The minimum Gasteiger partial charge on any atom is -0.0883 e. The van der Waals surface area contributed by atoms with Crippen LogP contribution in [0.25, 0.3) is 0 Å². The molecule has 36 valence electrons. The van der Waals surface area contributed by atoms with E-state index in [1.54, 1.807) is 0 Å². The van der Waals surface area contributed by atoms with Crippen molar-refractivity contribution in [1.29, 1.82) is 0 Å². The molecule has 0 aromatic heterocycles. The van der Waals surface area contributed by atoms with E-state index in [0.29, 0.717) is 23.9 Å². The first-order valence-electron chi connectivity index (χ1n) is 2.93. The number of rotatable bonds is 2. The van der Waals surface area contributed by atoms with E-state index in [9.17, 15) is 0 Å². The highest BCUT2D eigenvalue weighted by Crippen LogP contribution is 1.83. The fourth-order valence-electron chi connectivity index (χ4n) is 0.172. The van der Waals surface area contributed by atoms with Crippen LogP contribution in [0.1, 0.15) is 16.1 Å². The van der Waals surface area contributed by atoms with Gasteiger partial charge in [-0.3, -0.25) is 0 Å². The molecule has 0 radical (unpaired) electrons. The Morgan fingerprint density at radius 1 is 1.83 bits per heavy atom. The number of allylic oxidation sites excluding steroid dienone is 2. The number of halogens is 1. The lowest BCUT2D eigenvalue weighted by Crippen LogP contribution is -1.55. The summed E-state index contributed by atoms with van der Waals surface area (Å²) in [6, 6.07) is 0.800. The summed E-state index contributed by atoms with van der Waals surface area (Å²) in [5, 5.41) is 0.500. The third kappa shape index (κ3) is 4.22. The number of hydrogen-bond donors (Lipinski definition) is 0. The highest BCUT2D eigenvalue weighted by atomic mass is 79.9. The Morgan fingerprint density at radius 2 is 2.50 bits per heavy atom. The molecule has 0 saturated heterocycles.